The van der Waals surface area contributed by atoms with Crippen LogP contribution in [0.4, 0.5) is 0 Å². The summed E-state index contributed by atoms with van der Waals surface area (Å²) < 4.78 is 11.3. The van der Waals surface area contributed by atoms with Gasteiger partial charge in [0.15, 0.2) is 6.61 Å². The van der Waals surface area contributed by atoms with Crippen molar-refractivity contribution in [2.75, 3.05) is 19.7 Å². The number of carbonyl (C=O) groups excluding carboxylic acids is 1. The summed E-state index contributed by atoms with van der Waals surface area (Å²) in [6.45, 7) is 3.66. The monoisotopic (exact) mass is 391 g/mol. The second-order valence-electron chi connectivity index (χ2n) is 7.37. The Hall–Kier alpha value is -3.15. The van der Waals surface area contributed by atoms with Gasteiger partial charge in [-0.15, -0.1) is 0 Å². The van der Waals surface area contributed by atoms with E-state index in [1.807, 2.05) is 60.4 Å². The van der Waals surface area contributed by atoms with E-state index < -0.39 is 0 Å². The lowest BCUT2D eigenvalue weighted by Crippen LogP contribution is -2.35. The summed E-state index contributed by atoms with van der Waals surface area (Å²) in [7, 11) is 0. The van der Waals surface area contributed by atoms with Gasteiger partial charge in [0, 0.05) is 18.7 Å². The number of para-hydroxylation sites is 1. The molecular weight excluding hydrogens is 366 g/mol. The number of benzene rings is 2. The first-order valence-electron chi connectivity index (χ1n) is 10.1. The van der Waals surface area contributed by atoms with Crippen LogP contribution in [0.1, 0.15) is 31.2 Å². The van der Waals surface area contributed by atoms with E-state index in [9.17, 15) is 4.79 Å². The van der Waals surface area contributed by atoms with E-state index >= 15 is 0 Å². The Balaban J connectivity index is 1.49. The normalized spacial score (nSPS) is 14.4. The summed E-state index contributed by atoms with van der Waals surface area (Å²) in [5.74, 6) is 1.50. The first-order valence-corrected chi connectivity index (χ1v) is 10.1. The minimum Gasteiger partial charge on any atom is -0.483 e. The molecule has 1 saturated heterocycles. The van der Waals surface area contributed by atoms with Gasteiger partial charge in [-0.05, 0) is 44.0 Å². The van der Waals surface area contributed by atoms with Gasteiger partial charge in [0.2, 0.25) is 5.82 Å². The van der Waals surface area contributed by atoms with Gasteiger partial charge in [-0.25, -0.2) is 0 Å². The van der Waals surface area contributed by atoms with Crippen LogP contribution in [0, 0.1) is 6.92 Å². The maximum atomic E-state index is 12.5. The summed E-state index contributed by atoms with van der Waals surface area (Å²) in [5, 5.41) is 4.12. The lowest BCUT2D eigenvalue weighted by atomic mass is 10.1. The zero-order valence-electron chi connectivity index (χ0n) is 16.6. The molecule has 150 valence electrons. The van der Waals surface area contributed by atoms with Gasteiger partial charge >= 0.3 is 0 Å². The minimum atomic E-state index is 0.0135. The van der Waals surface area contributed by atoms with Gasteiger partial charge in [-0.2, -0.15) is 4.98 Å². The van der Waals surface area contributed by atoms with Crippen molar-refractivity contribution in [2.24, 2.45) is 0 Å². The Bertz CT molecular complexity index is 975. The number of likely N-dealkylation sites (tertiary alicyclic amines) is 1. The second kappa shape index (κ2) is 8.90. The number of amides is 1. The van der Waals surface area contributed by atoms with Crippen LogP contribution in [0.5, 0.6) is 5.75 Å². The van der Waals surface area contributed by atoms with E-state index in [0.29, 0.717) is 23.0 Å². The fourth-order valence-electron chi connectivity index (χ4n) is 3.56. The molecule has 0 radical (unpaired) electrons. The van der Waals surface area contributed by atoms with Crippen LogP contribution in [-0.4, -0.2) is 40.6 Å². The van der Waals surface area contributed by atoms with Gasteiger partial charge in [-0.3, -0.25) is 4.79 Å². The van der Waals surface area contributed by atoms with Crippen molar-refractivity contribution in [3.63, 3.8) is 0 Å². The van der Waals surface area contributed by atoms with Gasteiger partial charge in [0.25, 0.3) is 11.8 Å². The van der Waals surface area contributed by atoms with Crippen molar-refractivity contribution in [1.82, 2.24) is 15.0 Å². The third-order valence-electron chi connectivity index (χ3n) is 5.13. The fraction of sp³-hybridized carbons (Fsp3) is 0.348. The molecule has 0 bridgehead atoms. The average molecular weight is 391 g/mol. The molecule has 2 aromatic carbocycles. The molecule has 1 amide bonds. The number of hydrogen-bond donors (Lipinski definition) is 0. The number of nitrogens with zero attached hydrogens (tertiary/aromatic N) is 3. The zero-order valence-corrected chi connectivity index (χ0v) is 16.6. The van der Waals surface area contributed by atoms with E-state index in [1.165, 1.54) is 12.8 Å². The van der Waals surface area contributed by atoms with Crippen molar-refractivity contribution in [3.05, 3.63) is 54.1 Å². The molecule has 1 aliphatic heterocycles. The Kier molecular flexibility index (Phi) is 5.89. The van der Waals surface area contributed by atoms with Crippen molar-refractivity contribution < 1.29 is 14.1 Å². The fourth-order valence-corrected chi connectivity index (χ4v) is 3.56. The predicted molar refractivity (Wildman–Crippen MR) is 110 cm³/mol. The van der Waals surface area contributed by atoms with Crippen molar-refractivity contribution in [3.8, 4) is 28.6 Å². The number of aromatic nitrogens is 2. The molecule has 4 rings (SSSR count). The smallest absolute Gasteiger partial charge is 0.260 e. The van der Waals surface area contributed by atoms with Crippen LogP contribution in [0.15, 0.2) is 53.1 Å². The van der Waals surface area contributed by atoms with E-state index in [4.69, 9.17) is 9.26 Å². The topological polar surface area (TPSA) is 68.5 Å². The Labute approximate surface area is 170 Å². The summed E-state index contributed by atoms with van der Waals surface area (Å²) in [6.07, 6.45) is 4.50. The van der Waals surface area contributed by atoms with E-state index in [1.54, 1.807) is 0 Å². The van der Waals surface area contributed by atoms with Crippen molar-refractivity contribution >= 4 is 5.91 Å². The number of ether oxygens (including phenoxy) is 1. The lowest BCUT2D eigenvalue weighted by Gasteiger charge is -2.20. The number of hydrogen-bond acceptors (Lipinski definition) is 5. The molecule has 1 fully saturated rings. The number of aryl methyl sites for hydroxylation is 1. The minimum absolute atomic E-state index is 0.0135. The Morgan fingerprint density at radius 3 is 2.66 bits per heavy atom. The summed E-state index contributed by atoms with van der Waals surface area (Å²) in [4.78, 5) is 19.0. The highest BCUT2D eigenvalue weighted by Crippen LogP contribution is 2.29. The lowest BCUT2D eigenvalue weighted by molar-refractivity contribution is -0.133. The first kappa shape index (κ1) is 19.2. The molecule has 29 heavy (non-hydrogen) atoms. The second-order valence-corrected chi connectivity index (χ2v) is 7.37. The van der Waals surface area contributed by atoms with Crippen LogP contribution < -0.4 is 4.74 Å². The molecule has 2 heterocycles. The highest BCUT2D eigenvalue weighted by Gasteiger charge is 2.18. The highest BCUT2D eigenvalue weighted by atomic mass is 16.5. The molecular formula is C23H25N3O3. The molecule has 0 N–H and O–H groups in total. The van der Waals surface area contributed by atoms with Crippen LogP contribution in [0.2, 0.25) is 0 Å². The summed E-state index contributed by atoms with van der Waals surface area (Å²) in [5.41, 5.74) is 2.70. The Morgan fingerprint density at radius 2 is 1.86 bits per heavy atom. The maximum absolute atomic E-state index is 12.5. The van der Waals surface area contributed by atoms with E-state index in [0.717, 1.165) is 37.1 Å². The molecule has 3 aromatic rings. The quantitative estimate of drug-likeness (QED) is 0.641. The molecule has 1 aromatic heterocycles. The average Bonchev–Trinajstić information content (AvgIpc) is 3.07. The Morgan fingerprint density at radius 1 is 1.07 bits per heavy atom. The van der Waals surface area contributed by atoms with E-state index in [-0.39, 0.29) is 12.5 Å². The SMILES string of the molecule is Cc1cccc(-c2nc(-c3ccccc3OCC(=O)N3CCCCCC3)no2)c1. The highest BCUT2D eigenvalue weighted by molar-refractivity contribution is 5.78. The molecule has 0 saturated carbocycles. The van der Waals surface area contributed by atoms with Crippen molar-refractivity contribution in [2.45, 2.75) is 32.6 Å². The van der Waals surface area contributed by atoms with Gasteiger partial charge in [-0.1, -0.05) is 47.8 Å². The maximum Gasteiger partial charge on any atom is 0.260 e. The first-order chi connectivity index (χ1) is 14.2. The summed E-state index contributed by atoms with van der Waals surface area (Å²) in [6, 6.07) is 15.4. The largest absolute Gasteiger partial charge is 0.483 e. The number of carbonyl (C=O) groups is 1. The third kappa shape index (κ3) is 4.65. The molecule has 0 spiro atoms. The van der Waals surface area contributed by atoms with Crippen molar-refractivity contribution in [1.29, 1.82) is 0 Å². The van der Waals surface area contributed by atoms with Gasteiger partial charge in [0.1, 0.15) is 5.75 Å². The standard InChI is InChI=1S/C23H25N3O3/c1-17-9-8-10-18(15-17)23-24-22(25-29-23)19-11-4-5-12-20(19)28-16-21(27)26-13-6-2-3-7-14-26/h4-5,8-12,15H,2-3,6-7,13-14,16H2,1H3. The van der Waals surface area contributed by atoms with E-state index in [2.05, 4.69) is 10.1 Å². The predicted octanol–water partition coefficient (Wildman–Crippen LogP) is 4.49. The molecule has 0 aliphatic carbocycles. The summed E-state index contributed by atoms with van der Waals surface area (Å²) >= 11 is 0. The molecule has 6 heteroatoms. The zero-order chi connectivity index (χ0) is 20.1. The molecule has 0 unspecified atom stereocenters. The number of rotatable bonds is 5. The molecule has 1 aliphatic rings. The van der Waals surface area contributed by atoms with Gasteiger partial charge in [0.05, 0.1) is 5.56 Å². The van der Waals surface area contributed by atoms with Crippen LogP contribution in [0.3, 0.4) is 0 Å². The van der Waals surface area contributed by atoms with Gasteiger partial charge < -0.3 is 14.2 Å². The van der Waals surface area contributed by atoms with Crippen LogP contribution >= 0.6 is 0 Å². The molecule has 0 atom stereocenters. The third-order valence-corrected chi connectivity index (χ3v) is 5.13. The van der Waals surface area contributed by atoms with Crippen LogP contribution in [0.25, 0.3) is 22.8 Å². The molecule has 6 nitrogen and oxygen atoms in total. The van der Waals surface area contributed by atoms with Crippen LogP contribution in [-0.2, 0) is 4.79 Å².